The van der Waals surface area contributed by atoms with E-state index in [1.54, 1.807) is 0 Å². The first kappa shape index (κ1) is 30.2. The highest BCUT2D eigenvalue weighted by Crippen LogP contribution is 2.46. The number of rotatable bonds is 6. The van der Waals surface area contributed by atoms with Gasteiger partial charge in [-0.1, -0.05) is 158 Å². The highest BCUT2D eigenvalue weighted by molar-refractivity contribution is 6.09. The van der Waals surface area contributed by atoms with Crippen LogP contribution in [0.5, 0.6) is 0 Å². The van der Waals surface area contributed by atoms with Gasteiger partial charge in [-0.25, -0.2) is 0 Å². The molecule has 1 aromatic heterocycles. The molecule has 8 aromatic carbocycles. The topological polar surface area (TPSA) is 16.4 Å². The van der Waals surface area contributed by atoms with Gasteiger partial charge in [-0.05, 0) is 81.8 Å². The van der Waals surface area contributed by atoms with Crippen LogP contribution in [-0.4, -0.2) is 0 Å². The highest BCUT2D eigenvalue weighted by atomic mass is 16.3. The van der Waals surface area contributed by atoms with Gasteiger partial charge in [-0.2, -0.15) is 0 Å². The second-order valence-electron chi connectivity index (χ2n) is 13.6. The molecule has 0 atom stereocenters. The maximum absolute atomic E-state index is 6.44. The van der Waals surface area contributed by atoms with Crippen molar-refractivity contribution in [1.29, 1.82) is 0 Å². The maximum atomic E-state index is 6.44. The zero-order valence-electron chi connectivity index (χ0n) is 28.7. The highest BCUT2D eigenvalue weighted by Gasteiger charge is 2.22. The normalized spacial score (nSPS) is 12.4. The van der Waals surface area contributed by atoms with E-state index in [0.29, 0.717) is 0 Å². The van der Waals surface area contributed by atoms with Crippen LogP contribution >= 0.6 is 0 Å². The SMILES string of the molecule is C1=Cc2ccc(-c3ccccc3N(c3ccc(-c4cccc5c4oc4ccccc45)cc3)c3ccccc3-c3cccc4ccccc34)cc2CC1. The van der Waals surface area contributed by atoms with E-state index in [4.69, 9.17) is 4.42 Å². The average Bonchev–Trinajstić information content (AvgIpc) is 3.60. The van der Waals surface area contributed by atoms with Crippen LogP contribution in [0, 0.1) is 0 Å². The van der Waals surface area contributed by atoms with E-state index in [1.807, 2.05) is 12.1 Å². The van der Waals surface area contributed by atoms with Gasteiger partial charge >= 0.3 is 0 Å². The van der Waals surface area contributed by atoms with E-state index in [-0.39, 0.29) is 0 Å². The monoisotopic (exact) mass is 665 g/mol. The first-order valence-corrected chi connectivity index (χ1v) is 18.1. The lowest BCUT2D eigenvalue weighted by molar-refractivity contribution is 0.670. The molecule has 0 saturated heterocycles. The predicted molar refractivity (Wildman–Crippen MR) is 220 cm³/mol. The van der Waals surface area contributed by atoms with Gasteiger partial charge < -0.3 is 9.32 Å². The first-order valence-electron chi connectivity index (χ1n) is 18.1. The maximum Gasteiger partial charge on any atom is 0.143 e. The number of benzene rings is 8. The molecule has 0 bridgehead atoms. The Bertz CT molecular complexity index is 2800. The molecule has 0 spiro atoms. The lowest BCUT2D eigenvalue weighted by atomic mass is 9.92. The fraction of sp³-hybridized carbons (Fsp3) is 0.0400. The molecule has 0 amide bonds. The number of anilines is 3. The zero-order chi connectivity index (χ0) is 34.4. The van der Waals surface area contributed by atoms with Gasteiger partial charge in [0.15, 0.2) is 0 Å². The summed E-state index contributed by atoms with van der Waals surface area (Å²) >= 11 is 0. The van der Waals surface area contributed by atoms with Crippen LogP contribution < -0.4 is 4.90 Å². The fourth-order valence-electron chi connectivity index (χ4n) is 8.04. The summed E-state index contributed by atoms with van der Waals surface area (Å²) in [5.74, 6) is 0. The summed E-state index contributed by atoms with van der Waals surface area (Å²) in [6.07, 6.45) is 6.68. The third-order valence-corrected chi connectivity index (χ3v) is 10.5. The van der Waals surface area contributed by atoms with Gasteiger partial charge in [0.25, 0.3) is 0 Å². The van der Waals surface area contributed by atoms with Crippen LogP contribution in [0.15, 0.2) is 186 Å². The number of hydrogen-bond donors (Lipinski definition) is 0. The third kappa shape index (κ3) is 5.11. The number of hydrogen-bond acceptors (Lipinski definition) is 2. The minimum atomic E-state index is 0.910. The fourth-order valence-corrected chi connectivity index (χ4v) is 8.04. The molecule has 52 heavy (non-hydrogen) atoms. The quantitative estimate of drug-likeness (QED) is 0.176. The van der Waals surface area contributed by atoms with Crippen molar-refractivity contribution in [2.75, 3.05) is 4.90 Å². The molecular formula is C50H35NO. The van der Waals surface area contributed by atoms with Crippen LogP contribution in [-0.2, 0) is 6.42 Å². The number of nitrogens with zero attached hydrogens (tertiary/aromatic N) is 1. The minimum Gasteiger partial charge on any atom is -0.455 e. The Labute approximate surface area is 303 Å². The molecule has 2 nitrogen and oxygen atoms in total. The van der Waals surface area contributed by atoms with E-state index < -0.39 is 0 Å². The molecule has 0 fully saturated rings. The molecule has 0 unspecified atom stereocenters. The van der Waals surface area contributed by atoms with Crippen LogP contribution in [0.3, 0.4) is 0 Å². The van der Waals surface area contributed by atoms with Gasteiger partial charge in [-0.3, -0.25) is 0 Å². The Morgan fingerprint density at radius 1 is 0.462 bits per heavy atom. The smallest absolute Gasteiger partial charge is 0.143 e. The van der Waals surface area contributed by atoms with Gasteiger partial charge in [0.05, 0.1) is 11.4 Å². The Hall–Kier alpha value is -6.64. The van der Waals surface area contributed by atoms with E-state index in [0.717, 1.165) is 63.0 Å². The third-order valence-electron chi connectivity index (χ3n) is 10.5. The summed E-state index contributed by atoms with van der Waals surface area (Å²) in [6, 6.07) is 63.6. The Morgan fingerprint density at radius 2 is 1.10 bits per heavy atom. The molecule has 0 aliphatic heterocycles. The second kappa shape index (κ2) is 12.6. The van der Waals surface area contributed by atoms with Crippen molar-refractivity contribution in [3.05, 3.63) is 193 Å². The summed E-state index contributed by atoms with van der Waals surface area (Å²) in [5.41, 5.74) is 14.9. The van der Waals surface area contributed by atoms with Crippen molar-refractivity contribution in [3.63, 3.8) is 0 Å². The number of allylic oxidation sites excluding steroid dienone is 1. The van der Waals surface area contributed by atoms with Crippen molar-refractivity contribution in [3.8, 4) is 33.4 Å². The number of para-hydroxylation sites is 4. The summed E-state index contributed by atoms with van der Waals surface area (Å²) in [7, 11) is 0. The molecule has 9 aromatic rings. The first-order chi connectivity index (χ1) is 25.8. The van der Waals surface area contributed by atoms with Crippen molar-refractivity contribution in [2.24, 2.45) is 0 Å². The predicted octanol–water partition coefficient (Wildman–Crippen LogP) is 14.2. The van der Waals surface area contributed by atoms with Crippen molar-refractivity contribution in [1.82, 2.24) is 0 Å². The number of fused-ring (bicyclic) bond motifs is 5. The van der Waals surface area contributed by atoms with Gasteiger partial charge in [0.1, 0.15) is 11.2 Å². The molecule has 246 valence electrons. The van der Waals surface area contributed by atoms with Crippen LogP contribution in [0.1, 0.15) is 17.5 Å². The lowest BCUT2D eigenvalue weighted by Gasteiger charge is -2.30. The number of furan rings is 1. The van der Waals surface area contributed by atoms with E-state index in [1.165, 1.54) is 44.2 Å². The molecule has 2 heteroatoms. The molecule has 0 saturated carbocycles. The Kier molecular flexibility index (Phi) is 7.32. The van der Waals surface area contributed by atoms with E-state index in [9.17, 15) is 0 Å². The van der Waals surface area contributed by atoms with Crippen LogP contribution in [0.4, 0.5) is 17.1 Å². The number of aryl methyl sites for hydroxylation is 1. The molecule has 1 heterocycles. The summed E-state index contributed by atoms with van der Waals surface area (Å²) < 4.78 is 6.44. The van der Waals surface area contributed by atoms with E-state index in [2.05, 4.69) is 181 Å². The van der Waals surface area contributed by atoms with E-state index >= 15 is 0 Å². The Balaban J connectivity index is 1.17. The van der Waals surface area contributed by atoms with Crippen LogP contribution in [0.2, 0.25) is 0 Å². The average molecular weight is 666 g/mol. The second-order valence-corrected chi connectivity index (χ2v) is 13.6. The lowest BCUT2D eigenvalue weighted by Crippen LogP contribution is -2.12. The standard InChI is InChI=1S/C50H35NO/c1-2-15-37-33-38(28-27-34(37)13-1)41-18-5-8-24-47(41)51(48-25-9-6-19-44(48)43-22-11-16-35-14-3-4-17-40(35)43)39-31-29-36(30-32-39)42-21-12-23-46-45-20-7-10-26-49(45)52-50(42)46/h1,3-14,16-33H,2,15H2. The van der Waals surface area contributed by atoms with Gasteiger partial charge in [0, 0.05) is 33.2 Å². The molecule has 0 N–H and O–H groups in total. The van der Waals surface area contributed by atoms with Crippen molar-refractivity contribution in [2.45, 2.75) is 12.8 Å². The largest absolute Gasteiger partial charge is 0.455 e. The Morgan fingerprint density at radius 3 is 1.98 bits per heavy atom. The molecule has 0 radical (unpaired) electrons. The summed E-state index contributed by atoms with van der Waals surface area (Å²) in [4.78, 5) is 2.44. The molecule has 1 aliphatic rings. The summed E-state index contributed by atoms with van der Waals surface area (Å²) in [5, 5.41) is 4.75. The zero-order valence-corrected chi connectivity index (χ0v) is 28.7. The van der Waals surface area contributed by atoms with Crippen LogP contribution in [0.25, 0.3) is 72.2 Å². The van der Waals surface area contributed by atoms with Gasteiger partial charge in [0.2, 0.25) is 0 Å². The van der Waals surface area contributed by atoms with Crippen molar-refractivity contribution >= 4 is 55.8 Å². The molecular weight excluding hydrogens is 631 g/mol. The van der Waals surface area contributed by atoms with Crippen molar-refractivity contribution < 1.29 is 4.42 Å². The van der Waals surface area contributed by atoms with Gasteiger partial charge in [-0.15, -0.1) is 0 Å². The molecule has 10 rings (SSSR count). The minimum absolute atomic E-state index is 0.910. The summed E-state index contributed by atoms with van der Waals surface area (Å²) in [6.45, 7) is 0. The molecule has 1 aliphatic carbocycles.